The van der Waals surface area contributed by atoms with Gasteiger partial charge in [-0.15, -0.1) is 0 Å². The fraction of sp³-hybridized carbons (Fsp3) is 0.588. The molecule has 1 aliphatic heterocycles. The zero-order chi connectivity index (χ0) is 16.8. The average molecular weight is 322 g/mol. The quantitative estimate of drug-likeness (QED) is 0.474. The smallest absolute Gasteiger partial charge is 0.219 e. The summed E-state index contributed by atoms with van der Waals surface area (Å²) in [5, 5.41) is 35.6. The molecule has 0 unspecified atom stereocenters. The third-order valence-electron chi connectivity index (χ3n) is 4.46. The highest BCUT2D eigenvalue weighted by atomic mass is 16.3. The molecular weight excluding hydrogens is 296 g/mol. The van der Waals surface area contributed by atoms with Gasteiger partial charge < -0.3 is 26.0 Å². The monoisotopic (exact) mass is 322 g/mol. The lowest BCUT2D eigenvalue weighted by atomic mass is 9.98. The lowest BCUT2D eigenvalue weighted by molar-refractivity contribution is -0.121. The molecule has 1 amide bonds. The van der Waals surface area contributed by atoms with Crippen molar-refractivity contribution in [3.05, 3.63) is 35.4 Å². The Bertz CT molecular complexity index is 523. The number of carbonyl (C=O) groups is 1. The number of carbonyl (C=O) groups excluding carboxylic acids is 1. The number of amides is 1. The number of rotatable bonds is 7. The first-order valence-corrected chi connectivity index (χ1v) is 8.13. The van der Waals surface area contributed by atoms with Gasteiger partial charge in [-0.3, -0.25) is 4.79 Å². The number of benzene rings is 1. The van der Waals surface area contributed by atoms with E-state index in [2.05, 4.69) is 10.6 Å². The van der Waals surface area contributed by atoms with Crippen molar-refractivity contribution in [1.29, 1.82) is 0 Å². The molecule has 4 atom stereocenters. The van der Waals surface area contributed by atoms with Crippen LogP contribution in [0.5, 0.6) is 0 Å². The van der Waals surface area contributed by atoms with Crippen molar-refractivity contribution in [1.82, 2.24) is 10.6 Å². The largest absolute Gasteiger partial charge is 0.392 e. The molecule has 5 N–H and O–H groups in total. The van der Waals surface area contributed by atoms with Gasteiger partial charge in [0.2, 0.25) is 5.91 Å². The Morgan fingerprint density at radius 1 is 1.17 bits per heavy atom. The molecule has 1 aromatic carbocycles. The molecule has 23 heavy (non-hydrogen) atoms. The summed E-state index contributed by atoms with van der Waals surface area (Å²) in [6.45, 7) is 2.06. The van der Waals surface area contributed by atoms with E-state index < -0.39 is 12.2 Å². The van der Waals surface area contributed by atoms with Crippen molar-refractivity contribution in [3.63, 3.8) is 0 Å². The molecule has 1 saturated heterocycles. The number of nitrogens with one attached hydrogen (secondary N) is 2. The molecule has 1 aliphatic rings. The van der Waals surface area contributed by atoms with Gasteiger partial charge in [-0.2, -0.15) is 0 Å². The zero-order valence-corrected chi connectivity index (χ0v) is 13.4. The van der Waals surface area contributed by atoms with E-state index in [9.17, 15) is 20.1 Å². The second-order valence-electron chi connectivity index (χ2n) is 5.98. The first-order chi connectivity index (χ1) is 11.1. The summed E-state index contributed by atoms with van der Waals surface area (Å²) in [4.78, 5) is 11.3. The van der Waals surface area contributed by atoms with Crippen LogP contribution in [0.4, 0.5) is 0 Å². The number of aliphatic hydroxyl groups is 3. The first kappa shape index (κ1) is 17.9. The van der Waals surface area contributed by atoms with Crippen molar-refractivity contribution in [2.75, 3.05) is 6.54 Å². The standard InChI is InChI=1S/C17H26N2O4/c1-2-15(21)18-9-14-17(23)16(22)13(19-14)8-7-11-5-3-4-6-12(11)10-20/h3-6,13-14,16-17,19-20,22-23H,2,7-10H2,1H3,(H,18,21)/t13-,14-,16-,17-/m1/s1. The summed E-state index contributed by atoms with van der Waals surface area (Å²) >= 11 is 0. The van der Waals surface area contributed by atoms with Crippen LogP contribution in [0, 0.1) is 0 Å². The van der Waals surface area contributed by atoms with E-state index in [-0.39, 0.29) is 24.6 Å². The highest BCUT2D eigenvalue weighted by molar-refractivity contribution is 5.75. The number of hydrogen-bond donors (Lipinski definition) is 5. The van der Waals surface area contributed by atoms with E-state index in [1.807, 2.05) is 24.3 Å². The van der Waals surface area contributed by atoms with Crippen LogP contribution in [-0.4, -0.2) is 52.1 Å². The van der Waals surface area contributed by atoms with E-state index in [0.29, 0.717) is 25.8 Å². The Kier molecular flexibility index (Phi) is 6.53. The second kappa shape index (κ2) is 8.40. The molecule has 0 radical (unpaired) electrons. The molecule has 6 heteroatoms. The van der Waals surface area contributed by atoms with Crippen LogP contribution in [0.15, 0.2) is 24.3 Å². The molecule has 0 aliphatic carbocycles. The first-order valence-electron chi connectivity index (χ1n) is 8.13. The summed E-state index contributed by atoms with van der Waals surface area (Å²) in [5.74, 6) is -0.0752. The number of aliphatic hydroxyl groups excluding tert-OH is 3. The number of hydrogen-bond acceptors (Lipinski definition) is 5. The van der Waals surface area contributed by atoms with Crippen LogP contribution in [0.1, 0.15) is 30.9 Å². The maximum atomic E-state index is 11.3. The summed E-state index contributed by atoms with van der Waals surface area (Å²) < 4.78 is 0. The number of aryl methyl sites for hydroxylation is 1. The van der Waals surface area contributed by atoms with E-state index in [4.69, 9.17) is 0 Å². The highest BCUT2D eigenvalue weighted by Crippen LogP contribution is 2.20. The van der Waals surface area contributed by atoms with E-state index in [0.717, 1.165) is 11.1 Å². The van der Waals surface area contributed by atoms with Crippen molar-refractivity contribution in [3.8, 4) is 0 Å². The minimum atomic E-state index is -0.898. The SMILES string of the molecule is CCC(=O)NC[C@H]1N[C@H](CCc2ccccc2CO)[C@@H](O)[C@@H]1O. The Hall–Kier alpha value is -1.47. The molecule has 0 aromatic heterocycles. The molecule has 2 rings (SSSR count). The van der Waals surface area contributed by atoms with Gasteiger partial charge in [0, 0.05) is 19.0 Å². The maximum Gasteiger partial charge on any atom is 0.219 e. The molecule has 128 valence electrons. The second-order valence-corrected chi connectivity index (χ2v) is 5.98. The third-order valence-corrected chi connectivity index (χ3v) is 4.46. The third kappa shape index (κ3) is 4.51. The average Bonchev–Trinajstić information content (AvgIpc) is 2.85. The van der Waals surface area contributed by atoms with Gasteiger partial charge in [-0.1, -0.05) is 31.2 Å². The molecule has 0 bridgehead atoms. The van der Waals surface area contributed by atoms with Crippen LogP contribution in [0.25, 0.3) is 0 Å². The van der Waals surface area contributed by atoms with Gasteiger partial charge in [0.1, 0.15) is 0 Å². The molecule has 1 aromatic rings. The van der Waals surface area contributed by atoms with Crippen LogP contribution in [0.3, 0.4) is 0 Å². The van der Waals surface area contributed by atoms with Crippen molar-refractivity contribution < 1.29 is 20.1 Å². The van der Waals surface area contributed by atoms with Crippen LogP contribution in [0.2, 0.25) is 0 Å². The molecule has 6 nitrogen and oxygen atoms in total. The van der Waals surface area contributed by atoms with Crippen molar-refractivity contribution >= 4 is 5.91 Å². The van der Waals surface area contributed by atoms with Gasteiger partial charge in [-0.25, -0.2) is 0 Å². The summed E-state index contributed by atoms with van der Waals surface area (Å²) in [6, 6.07) is 7.06. The summed E-state index contributed by atoms with van der Waals surface area (Å²) in [6.07, 6.45) is -0.0167. The lowest BCUT2D eigenvalue weighted by Crippen LogP contribution is -2.43. The van der Waals surface area contributed by atoms with Crippen molar-refractivity contribution in [2.45, 2.75) is 57.1 Å². The van der Waals surface area contributed by atoms with E-state index >= 15 is 0 Å². The van der Waals surface area contributed by atoms with E-state index in [1.54, 1.807) is 6.92 Å². The molecule has 1 fully saturated rings. The molecule has 0 saturated carbocycles. The Morgan fingerprint density at radius 3 is 2.48 bits per heavy atom. The van der Waals surface area contributed by atoms with Gasteiger partial charge in [-0.05, 0) is 24.0 Å². The van der Waals surface area contributed by atoms with Crippen molar-refractivity contribution in [2.24, 2.45) is 0 Å². The van der Waals surface area contributed by atoms with Gasteiger partial charge in [0.15, 0.2) is 0 Å². The summed E-state index contributed by atoms with van der Waals surface area (Å²) in [7, 11) is 0. The van der Waals surface area contributed by atoms with Crippen LogP contribution in [-0.2, 0) is 17.8 Å². The van der Waals surface area contributed by atoms with Crippen LogP contribution < -0.4 is 10.6 Å². The topological polar surface area (TPSA) is 102 Å². The maximum absolute atomic E-state index is 11.3. The minimum absolute atomic E-state index is 0.00881. The Labute approximate surface area is 136 Å². The predicted molar refractivity (Wildman–Crippen MR) is 86.7 cm³/mol. The molecule has 1 heterocycles. The lowest BCUT2D eigenvalue weighted by Gasteiger charge is -2.16. The fourth-order valence-corrected chi connectivity index (χ4v) is 3.00. The van der Waals surface area contributed by atoms with Gasteiger partial charge in [0.25, 0.3) is 0 Å². The van der Waals surface area contributed by atoms with Gasteiger partial charge in [0.05, 0.1) is 24.9 Å². The fourth-order valence-electron chi connectivity index (χ4n) is 3.00. The van der Waals surface area contributed by atoms with Gasteiger partial charge >= 0.3 is 0 Å². The molecular formula is C17H26N2O4. The van der Waals surface area contributed by atoms with Crippen LogP contribution >= 0.6 is 0 Å². The Morgan fingerprint density at radius 2 is 1.83 bits per heavy atom. The zero-order valence-electron chi connectivity index (χ0n) is 13.4. The normalized spacial score (nSPS) is 27.1. The van der Waals surface area contributed by atoms with E-state index in [1.165, 1.54) is 0 Å². The summed E-state index contributed by atoms with van der Waals surface area (Å²) in [5.41, 5.74) is 1.92. The highest BCUT2D eigenvalue weighted by Gasteiger charge is 2.40. The Balaban J connectivity index is 1.89. The predicted octanol–water partition coefficient (Wildman–Crippen LogP) is -0.300. The molecule has 0 spiro atoms. The minimum Gasteiger partial charge on any atom is -0.392 e.